The van der Waals surface area contributed by atoms with Crippen molar-refractivity contribution in [3.8, 4) is 0 Å². The monoisotopic (exact) mass is 196 g/mol. The van der Waals surface area contributed by atoms with Crippen molar-refractivity contribution in [2.24, 2.45) is 0 Å². The van der Waals surface area contributed by atoms with Gasteiger partial charge in [0.05, 0.1) is 0 Å². The van der Waals surface area contributed by atoms with Gasteiger partial charge in [-0.25, -0.2) is 0 Å². The molecule has 0 aromatic heterocycles. The highest BCUT2D eigenvalue weighted by molar-refractivity contribution is 5.92. The molecule has 1 aliphatic heterocycles. The van der Waals surface area contributed by atoms with Gasteiger partial charge in [-0.05, 0) is 19.8 Å². The summed E-state index contributed by atoms with van der Waals surface area (Å²) in [6, 6.07) is 0. The summed E-state index contributed by atoms with van der Waals surface area (Å²) in [5.41, 5.74) is 0. The van der Waals surface area contributed by atoms with E-state index in [1.54, 1.807) is 6.92 Å². The minimum Gasteiger partial charge on any atom is -0.453 e. The number of hydrogen-bond donors (Lipinski definition) is 0. The molecule has 3 heteroatoms. The lowest BCUT2D eigenvalue weighted by molar-refractivity contribution is -0.176. The van der Waals surface area contributed by atoms with Crippen molar-refractivity contribution in [3.05, 3.63) is 11.5 Å². The van der Waals surface area contributed by atoms with Crippen LogP contribution in [0.25, 0.3) is 0 Å². The van der Waals surface area contributed by atoms with Crippen LogP contribution in [-0.2, 0) is 14.3 Å². The van der Waals surface area contributed by atoms with Crippen LogP contribution in [-0.4, -0.2) is 11.6 Å². The smallest absolute Gasteiger partial charge is 0.251 e. The van der Waals surface area contributed by atoms with Gasteiger partial charge in [-0.2, -0.15) is 0 Å². The summed E-state index contributed by atoms with van der Waals surface area (Å²) in [4.78, 5) is 11.2. The Morgan fingerprint density at radius 3 is 2.36 bits per heavy atom. The van der Waals surface area contributed by atoms with Gasteiger partial charge in [-0.15, -0.1) is 0 Å². The molecule has 1 aliphatic carbocycles. The minimum absolute atomic E-state index is 0.0371. The van der Waals surface area contributed by atoms with Crippen LogP contribution < -0.4 is 0 Å². The topological polar surface area (TPSA) is 35.5 Å². The van der Waals surface area contributed by atoms with E-state index in [0.717, 1.165) is 25.7 Å². The average Bonchev–Trinajstić information content (AvgIpc) is 2.44. The van der Waals surface area contributed by atoms with Gasteiger partial charge < -0.3 is 9.47 Å². The molecule has 14 heavy (non-hydrogen) atoms. The van der Waals surface area contributed by atoms with Crippen molar-refractivity contribution < 1.29 is 14.3 Å². The van der Waals surface area contributed by atoms with E-state index in [9.17, 15) is 4.79 Å². The van der Waals surface area contributed by atoms with E-state index in [4.69, 9.17) is 9.47 Å². The van der Waals surface area contributed by atoms with Gasteiger partial charge in [-0.3, -0.25) is 4.79 Å². The fourth-order valence-electron chi connectivity index (χ4n) is 2.22. The zero-order valence-corrected chi connectivity index (χ0v) is 8.76. The molecule has 78 valence electrons. The summed E-state index contributed by atoms with van der Waals surface area (Å²) in [5, 5.41) is 0. The quantitative estimate of drug-likeness (QED) is 0.646. The molecule has 2 aliphatic rings. The zero-order valence-electron chi connectivity index (χ0n) is 8.76. The first-order valence-corrected chi connectivity index (χ1v) is 5.23. The Morgan fingerprint density at radius 1 is 1.21 bits per heavy atom. The Bertz CT molecular complexity index is 285. The summed E-state index contributed by atoms with van der Waals surface area (Å²) in [7, 11) is 0. The van der Waals surface area contributed by atoms with Gasteiger partial charge in [0.2, 0.25) is 5.76 Å². The van der Waals surface area contributed by atoms with Gasteiger partial charge in [0.15, 0.2) is 5.78 Å². The average molecular weight is 196 g/mol. The van der Waals surface area contributed by atoms with Crippen LogP contribution in [0.1, 0.15) is 46.0 Å². The minimum atomic E-state index is -0.497. The lowest BCUT2D eigenvalue weighted by Crippen LogP contribution is -2.33. The maximum absolute atomic E-state index is 11.2. The van der Waals surface area contributed by atoms with Crippen LogP contribution in [0.4, 0.5) is 0 Å². The van der Waals surface area contributed by atoms with Crippen LogP contribution in [0.15, 0.2) is 11.5 Å². The maximum atomic E-state index is 11.2. The van der Waals surface area contributed by atoms with Crippen molar-refractivity contribution in [3.63, 3.8) is 0 Å². The lowest BCUT2D eigenvalue weighted by Gasteiger charge is -2.32. The number of allylic oxidation sites excluding steroid dienone is 2. The second kappa shape index (κ2) is 3.30. The highest BCUT2D eigenvalue weighted by Gasteiger charge is 2.43. The molecule has 0 aromatic carbocycles. The molecule has 1 saturated carbocycles. The Balaban J connectivity index is 2.12. The molecule has 1 spiro atoms. The second-order valence-electron chi connectivity index (χ2n) is 4.12. The Morgan fingerprint density at radius 2 is 1.86 bits per heavy atom. The van der Waals surface area contributed by atoms with Crippen LogP contribution in [0.3, 0.4) is 0 Å². The third kappa shape index (κ3) is 1.51. The van der Waals surface area contributed by atoms with Gasteiger partial charge >= 0.3 is 0 Å². The van der Waals surface area contributed by atoms with E-state index in [2.05, 4.69) is 0 Å². The molecular weight excluding hydrogens is 180 g/mol. The third-order valence-corrected chi connectivity index (χ3v) is 2.88. The Hall–Kier alpha value is -0.990. The first-order valence-electron chi connectivity index (χ1n) is 5.23. The van der Waals surface area contributed by atoms with E-state index < -0.39 is 5.79 Å². The van der Waals surface area contributed by atoms with E-state index in [1.807, 2.05) is 0 Å². The van der Waals surface area contributed by atoms with Gasteiger partial charge in [-0.1, -0.05) is 6.42 Å². The van der Waals surface area contributed by atoms with Gasteiger partial charge in [0.25, 0.3) is 5.79 Å². The molecule has 0 N–H and O–H groups in total. The normalized spacial score (nSPS) is 24.7. The Kier molecular flexibility index (Phi) is 2.25. The molecule has 0 amide bonds. The largest absolute Gasteiger partial charge is 0.453 e. The molecule has 0 bridgehead atoms. The van der Waals surface area contributed by atoms with Crippen LogP contribution in [0.5, 0.6) is 0 Å². The summed E-state index contributed by atoms with van der Waals surface area (Å²) in [6.07, 6.45) is 5.29. The third-order valence-electron chi connectivity index (χ3n) is 2.88. The van der Waals surface area contributed by atoms with Gasteiger partial charge in [0.1, 0.15) is 5.76 Å². The predicted molar refractivity (Wildman–Crippen MR) is 51.4 cm³/mol. The van der Waals surface area contributed by atoms with Crippen molar-refractivity contribution in [2.75, 3.05) is 0 Å². The fraction of sp³-hybridized carbons (Fsp3) is 0.727. The van der Waals surface area contributed by atoms with Crippen LogP contribution >= 0.6 is 0 Å². The Labute approximate surface area is 84.1 Å². The van der Waals surface area contributed by atoms with Crippen molar-refractivity contribution in [2.45, 2.75) is 51.7 Å². The molecule has 1 heterocycles. The molecule has 0 unspecified atom stereocenters. The van der Waals surface area contributed by atoms with Crippen molar-refractivity contribution in [1.29, 1.82) is 0 Å². The molecule has 0 aromatic rings. The highest BCUT2D eigenvalue weighted by atomic mass is 16.7. The van der Waals surface area contributed by atoms with E-state index >= 15 is 0 Å². The van der Waals surface area contributed by atoms with E-state index in [0.29, 0.717) is 11.5 Å². The first kappa shape index (κ1) is 9.56. The fourth-order valence-corrected chi connectivity index (χ4v) is 2.22. The lowest BCUT2D eigenvalue weighted by atomic mass is 9.94. The molecule has 2 rings (SSSR count). The van der Waals surface area contributed by atoms with Crippen LogP contribution in [0, 0.1) is 0 Å². The van der Waals surface area contributed by atoms with Crippen LogP contribution in [0.2, 0.25) is 0 Å². The maximum Gasteiger partial charge on any atom is 0.251 e. The second-order valence-corrected chi connectivity index (χ2v) is 4.12. The molecule has 0 saturated heterocycles. The molecule has 0 atom stereocenters. The number of carbonyl (C=O) groups is 1. The molecular formula is C11H16O3. The molecule has 1 fully saturated rings. The number of rotatable bonds is 1. The summed E-state index contributed by atoms with van der Waals surface area (Å²) >= 11 is 0. The van der Waals surface area contributed by atoms with Gasteiger partial charge in [0, 0.05) is 19.8 Å². The number of ether oxygens (including phenoxy) is 2. The summed E-state index contributed by atoms with van der Waals surface area (Å²) < 4.78 is 11.4. The zero-order chi connectivity index (χ0) is 10.2. The number of ketones is 1. The van der Waals surface area contributed by atoms with E-state index in [1.165, 1.54) is 13.3 Å². The number of Topliss-reactive ketones (excluding diaryl/α,β-unsaturated/α-hetero) is 1. The number of hydrogen-bond acceptors (Lipinski definition) is 3. The highest BCUT2D eigenvalue weighted by Crippen LogP contribution is 2.41. The number of carbonyl (C=O) groups excluding carboxylic acids is 1. The SMILES string of the molecule is CC(=O)C1=C(C)OC2(CCCCC2)O1. The molecule has 3 nitrogen and oxygen atoms in total. The molecule has 0 radical (unpaired) electrons. The first-order chi connectivity index (χ1) is 6.63. The standard InChI is InChI=1S/C11H16O3/c1-8(12)10-9(2)13-11(14-10)6-4-3-5-7-11/h3-7H2,1-2H3. The summed E-state index contributed by atoms with van der Waals surface area (Å²) in [6.45, 7) is 3.32. The van der Waals surface area contributed by atoms with E-state index in [-0.39, 0.29) is 5.78 Å². The van der Waals surface area contributed by atoms with Crippen molar-refractivity contribution in [1.82, 2.24) is 0 Å². The summed E-state index contributed by atoms with van der Waals surface area (Å²) in [5.74, 6) is 0.542. The predicted octanol–water partition coefficient (Wildman–Crippen LogP) is 2.51. The van der Waals surface area contributed by atoms with Crippen molar-refractivity contribution >= 4 is 5.78 Å².